The van der Waals surface area contributed by atoms with E-state index in [1.807, 2.05) is 23.5 Å². The summed E-state index contributed by atoms with van der Waals surface area (Å²) >= 11 is 3.84. The van der Waals surface area contributed by atoms with E-state index in [2.05, 4.69) is 208 Å². The van der Waals surface area contributed by atoms with Gasteiger partial charge in [0.1, 0.15) is 0 Å². The van der Waals surface area contributed by atoms with Crippen LogP contribution in [0.25, 0.3) is 0 Å². The van der Waals surface area contributed by atoms with Crippen LogP contribution >= 0.6 is 23.5 Å². The number of nitrogens with one attached hydrogen (secondary N) is 4. The molecule has 0 atom stereocenters. The van der Waals surface area contributed by atoms with Crippen LogP contribution in [0.15, 0.2) is 182 Å². The number of nitrogens with zero attached hydrogens (tertiary/aromatic N) is 1. The fourth-order valence-electron chi connectivity index (χ4n) is 8.66. The molecular formula is C57H72N6OS2. The molecular weight excluding hydrogens is 849 g/mol. The highest BCUT2D eigenvalue weighted by atomic mass is 32.2. The number of hydrogen-bond acceptors (Lipinski definition) is 8. The molecule has 0 unspecified atom stereocenters. The molecule has 0 aliphatic carbocycles. The van der Waals surface area contributed by atoms with E-state index in [9.17, 15) is 4.79 Å². The zero-order chi connectivity index (χ0) is 45.8. The maximum atomic E-state index is 14.0. The van der Waals surface area contributed by atoms with Crippen LogP contribution in [-0.4, -0.2) is 94.3 Å². The molecule has 348 valence electrons. The van der Waals surface area contributed by atoms with Gasteiger partial charge in [0, 0.05) is 24.6 Å². The molecule has 6 rings (SSSR count). The number of benzene rings is 6. The van der Waals surface area contributed by atoms with Gasteiger partial charge in [0.15, 0.2) is 0 Å². The molecule has 0 aliphatic heterocycles. The molecule has 6 aromatic carbocycles. The second-order valence-electron chi connectivity index (χ2n) is 16.7. The van der Waals surface area contributed by atoms with Crippen LogP contribution in [0.1, 0.15) is 65.5 Å². The van der Waals surface area contributed by atoms with E-state index in [1.54, 1.807) is 0 Å². The van der Waals surface area contributed by atoms with E-state index in [0.717, 1.165) is 89.7 Å². The van der Waals surface area contributed by atoms with Gasteiger partial charge >= 0.3 is 0 Å². The van der Waals surface area contributed by atoms with Gasteiger partial charge in [-0.1, -0.05) is 182 Å². The first-order chi connectivity index (χ1) is 32.7. The summed E-state index contributed by atoms with van der Waals surface area (Å²) in [7, 11) is 0. The van der Waals surface area contributed by atoms with Crippen LogP contribution in [-0.2, 0) is 14.3 Å². The Bertz CT molecular complexity index is 1980. The van der Waals surface area contributed by atoms with Crippen molar-refractivity contribution in [3.63, 3.8) is 0 Å². The summed E-state index contributed by atoms with van der Waals surface area (Å²) in [5, 5.41) is 14.1. The highest BCUT2D eigenvalue weighted by Crippen LogP contribution is 2.49. The van der Waals surface area contributed by atoms with Crippen molar-refractivity contribution < 1.29 is 4.79 Å². The molecule has 0 saturated heterocycles. The third kappa shape index (κ3) is 15.2. The monoisotopic (exact) mass is 921 g/mol. The van der Waals surface area contributed by atoms with E-state index in [1.165, 1.54) is 46.2 Å². The van der Waals surface area contributed by atoms with Gasteiger partial charge in [-0.3, -0.25) is 9.69 Å². The number of carbonyl (C=O) groups excluding carboxylic acids is 1. The first-order valence-corrected chi connectivity index (χ1v) is 26.1. The molecule has 1 amide bonds. The molecule has 7 nitrogen and oxygen atoms in total. The molecule has 6 N–H and O–H groups in total. The van der Waals surface area contributed by atoms with Crippen LogP contribution in [0.3, 0.4) is 0 Å². The van der Waals surface area contributed by atoms with Crippen molar-refractivity contribution in [2.24, 2.45) is 5.73 Å². The Morgan fingerprint density at radius 3 is 1.12 bits per heavy atom. The number of nitrogens with two attached hydrogens (primary N) is 1. The normalized spacial score (nSPS) is 11.8. The van der Waals surface area contributed by atoms with Crippen molar-refractivity contribution >= 4 is 29.4 Å². The van der Waals surface area contributed by atoms with Gasteiger partial charge in [0.25, 0.3) is 0 Å². The van der Waals surface area contributed by atoms with Gasteiger partial charge in [-0.25, -0.2) is 0 Å². The van der Waals surface area contributed by atoms with Gasteiger partial charge in [0.2, 0.25) is 5.91 Å². The van der Waals surface area contributed by atoms with Gasteiger partial charge in [-0.15, -0.1) is 23.5 Å². The lowest BCUT2D eigenvalue weighted by molar-refractivity contribution is -0.122. The molecule has 0 bridgehead atoms. The maximum absolute atomic E-state index is 14.0. The third-order valence-corrected chi connectivity index (χ3v) is 15.0. The summed E-state index contributed by atoms with van der Waals surface area (Å²) < 4.78 is -0.833. The summed E-state index contributed by atoms with van der Waals surface area (Å²) in [6.07, 6.45) is 5.47. The van der Waals surface area contributed by atoms with Gasteiger partial charge < -0.3 is 27.0 Å². The van der Waals surface area contributed by atoms with Crippen LogP contribution in [0.2, 0.25) is 0 Å². The lowest BCUT2D eigenvalue weighted by Gasteiger charge is -2.36. The van der Waals surface area contributed by atoms with Crippen LogP contribution in [0.4, 0.5) is 0 Å². The second kappa shape index (κ2) is 29.1. The number of thioether (sulfide) groups is 2. The van der Waals surface area contributed by atoms with E-state index < -0.39 is 9.49 Å². The summed E-state index contributed by atoms with van der Waals surface area (Å²) in [6, 6.07) is 65.0. The van der Waals surface area contributed by atoms with Crippen LogP contribution < -0.4 is 27.0 Å². The minimum atomic E-state index is -0.425. The number of hydrogen-bond donors (Lipinski definition) is 5. The van der Waals surface area contributed by atoms with E-state index in [-0.39, 0.29) is 5.91 Å². The predicted molar refractivity (Wildman–Crippen MR) is 284 cm³/mol. The standard InChI is InChI=1S/C57H72N6OS2/c58-36-21-39-59-37-19-20-38-60-40-22-41-61-42-23-44-63(45-47-66-57(52-30-13-4-14-31-52,53-32-15-5-16-33-53)54-34-17-6-18-35-54)48-55(64)62-43-46-65-56(49-24-7-1-8-25-49,50-26-9-2-10-27-50)51-28-11-3-12-29-51/h1-18,24-35,59-61H,19-23,36-48,58H2,(H,62,64). The lowest BCUT2D eigenvalue weighted by atomic mass is 9.84. The Hall–Kier alpha value is -4.71. The van der Waals surface area contributed by atoms with Crippen LogP contribution in [0, 0.1) is 0 Å². The van der Waals surface area contributed by atoms with Crippen molar-refractivity contribution in [2.75, 3.05) is 83.5 Å². The van der Waals surface area contributed by atoms with Gasteiger partial charge in [-0.2, -0.15) is 0 Å². The largest absolute Gasteiger partial charge is 0.354 e. The van der Waals surface area contributed by atoms with E-state index in [4.69, 9.17) is 5.73 Å². The number of carbonyl (C=O) groups is 1. The first-order valence-electron chi connectivity index (χ1n) is 24.1. The fourth-order valence-corrected chi connectivity index (χ4v) is 11.6. The minimum Gasteiger partial charge on any atom is -0.354 e. The number of amides is 1. The quantitative estimate of drug-likeness (QED) is 0.0211. The third-order valence-electron chi connectivity index (χ3n) is 12.0. The molecule has 0 saturated carbocycles. The molecule has 0 heterocycles. The molecule has 0 radical (unpaired) electrons. The molecule has 0 aliphatic rings. The molecule has 0 fully saturated rings. The van der Waals surface area contributed by atoms with Crippen molar-refractivity contribution in [3.8, 4) is 0 Å². The van der Waals surface area contributed by atoms with Crippen LogP contribution in [0.5, 0.6) is 0 Å². The van der Waals surface area contributed by atoms with Crippen molar-refractivity contribution in [2.45, 2.75) is 41.6 Å². The summed E-state index contributed by atoms with van der Waals surface area (Å²) in [4.78, 5) is 16.3. The van der Waals surface area contributed by atoms with E-state index >= 15 is 0 Å². The Balaban J connectivity index is 1.08. The zero-order valence-corrected chi connectivity index (χ0v) is 40.4. The minimum absolute atomic E-state index is 0.0659. The predicted octanol–water partition coefficient (Wildman–Crippen LogP) is 9.53. The summed E-state index contributed by atoms with van der Waals surface area (Å²) in [5.74, 6) is 1.66. The summed E-state index contributed by atoms with van der Waals surface area (Å²) in [6.45, 7) is 9.34. The average Bonchev–Trinajstić information content (AvgIpc) is 3.38. The van der Waals surface area contributed by atoms with Crippen molar-refractivity contribution in [3.05, 3.63) is 215 Å². The van der Waals surface area contributed by atoms with Gasteiger partial charge in [0.05, 0.1) is 16.0 Å². The maximum Gasteiger partial charge on any atom is 0.234 e. The topological polar surface area (TPSA) is 94.4 Å². The lowest BCUT2D eigenvalue weighted by Crippen LogP contribution is -2.41. The highest BCUT2D eigenvalue weighted by molar-refractivity contribution is 8.00. The number of unbranched alkanes of at least 4 members (excludes halogenated alkanes) is 1. The molecule has 66 heavy (non-hydrogen) atoms. The molecule has 9 heteroatoms. The first kappa shape index (κ1) is 50.7. The molecule has 0 aromatic heterocycles. The smallest absolute Gasteiger partial charge is 0.234 e. The fraction of sp³-hybridized carbons (Fsp3) is 0.351. The Morgan fingerprint density at radius 2 is 0.742 bits per heavy atom. The average molecular weight is 921 g/mol. The molecule has 6 aromatic rings. The zero-order valence-electron chi connectivity index (χ0n) is 38.8. The Morgan fingerprint density at radius 1 is 0.409 bits per heavy atom. The van der Waals surface area contributed by atoms with Gasteiger partial charge in [-0.05, 0) is 118 Å². The Labute approximate surface area is 404 Å². The molecule has 0 spiro atoms. The highest BCUT2D eigenvalue weighted by Gasteiger charge is 2.38. The van der Waals surface area contributed by atoms with Crippen molar-refractivity contribution in [1.82, 2.24) is 26.2 Å². The Kier molecular flexibility index (Phi) is 22.4. The summed E-state index contributed by atoms with van der Waals surface area (Å²) in [5.41, 5.74) is 13.0. The van der Waals surface area contributed by atoms with E-state index in [0.29, 0.717) is 13.1 Å². The SMILES string of the molecule is NCCCNCCCCNCCCNCCCN(CCSC(c1ccccc1)(c1ccccc1)c1ccccc1)CC(=O)NCCSC(c1ccccc1)(c1ccccc1)c1ccccc1. The van der Waals surface area contributed by atoms with Crippen molar-refractivity contribution in [1.29, 1.82) is 0 Å². The second-order valence-corrected chi connectivity index (χ2v) is 19.3. The number of rotatable bonds is 32.